The molecule has 168 valence electrons. The van der Waals surface area contributed by atoms with E-state index in [-0.39, 0.29) is 5.91 Å². The molecular weight excluding hydrogens is 484 g/mol. The van der Waals surface area contributed by atoms with Crippen LogP contribution in [-0.2, 0) is 21.0 Å². The van der Waals surface area contributed by atoms with E-state index in [0.717, 1.165) is 44.7 Å². The molecule has 0 aliphatic carbocycles. The summed E-state index contributed by atoms with van der Waals surface area (Å²) >= 11 is 3.55. The van der Waals surface area contributed by atoms with E-state index in [0.29, 0.717) is 17.9 Å². The topological polar surface area (TPSA) is 89.6 Å². The zero-order chi connectivity index (χ0) is 23.1. The average Bonchev–Trinajstić information content (AvgIpc) is 3.14. The van der Waals surface area contributed by atoms with Crippen molar-refractivity contribution in [1.82, 2.24) is 4.57 Å². The van der Waals surface area contributed by atoms with Crippen molar-refractivity contribution in [3.63, 3.8) is 0 Å². The first-order chi connectivity index (χ1) is 16.0. The van der Waals surface area contributed by atoms with Gasteiger partial charge in [0.05, 0.1) is 5.69 Å². The first-order valence-electron chi connectivity index (χ1n) is 10.8. The van der Waals surface area contributed by atoms with Gasteiger partial charge in [-0.2, -0.15) is 5.06 Å². The molecule has 1 unspecified atom stereocenters. The molecule has 3 aromatic carbocycles. The molecule has 0 fully saturated rings. The standard InChI is InChI=1S/C25H23BrN4O3/c1-15(31)33-30-23-18-6-3-2-5-16(18)7-9-21(23)28-25(32)24(30)20-14-29(12-4-11-27)22-10-8-17(26)13-19(20)22/h2-3,5-10,13-14,24H,4,11-12,27H2,1H3,(H,28,32). The minimum absolute atomic E-state index is 0.267. The van der Waals surface area contributed by atoms with Crippen molar-refractivity contribution >= 4 is 60.9 Å². The second-order valence-electron chi connectivity index (χ2n) is 8.06. The van der Waals surface area contributed by atoms with Gasteiger partial charge in [0.15, 0.2) is 6.04 Å². The summed E-state index contributed by atoms with van der Waals surface area (Å²) in [4.78, 5) is 31.4. The Bertz CT molecular complexity index is 1400. The highest BCUT2D eigenvalue weighted by Crippen LogP contribution is 2.45. The molecule has 1 atom stereocenters. The summed E-state index contributed by atoms with van der Waals surface area (Å²) in [5, 5.41) is 7.25. The molecule has 2 heterocycles. The number of benzene rings is 3. The number of aryl methyl sites for hydroxylation is 1. The molecule has 0 saturated heterocycles. The van der Waals surface area contributed by atoms with Gasteiger partial charge in [-0.1, -0.05) is 46.3 Å². The van der Waals surface area contributed by atoms with Gasteiger partial charge >= 0.3 is 5.97 Å². The third kappa shape index (κ3) is 3.75. The number of hydrogen-bond donors (Lipinski definition) is 2. The number of nitrogens with two attached hydrogens (primary N) is 1. The minimum atomic E-state index is -0.858. The zero-order valence-corrected chi connectivity index (χ0v) is 19.6. The van der Waals surface area contributed by atoms with Crippen LogP contribution >= 0.6 is 15.9 Å². The van der Waals surface area contributed by atoms with Crippen molar-refractivity contribution < 1.29 is 14.4 Å². The minimum Gasteiger partial charge on any atom is -0.347 e. The highest BCUT2D eigenvalue weighted by molar-refractivity contribution is 9.10. The molecule has 0 saturated carbocycles. The molecule has 0 spiro atoms. The fraction of sp³-hybridized carbons (Fsp3) is 0.200. The van der Waals surface area contributed by atoms with Gasteiger partial charge in [0, 0.05) is 46.0 Å². The summed E-state index contributed by atoms with van der Waals surface area (Å²) < 4.78 is 3.00. The van der Waals surface area contributed by atoms with Gasteiger partial charge in [0.25, 0.3) is 5.91 Å². The van der Waals surface area contributed by atoms with Crippen LogP contribution in [0.3, 0.4) is 0 Å². The molecule has 0 bridgehead atoms. The highest BCUT2D eigenvalue weighted by Gasteiger charge is 2.39. The number of carbonyl (C=O) groups is 2. The SMILES string of the molecule is CC(=O)ON1c2c(ccc3ccccc23)NC(=O)C1c1cn(CCCN)c2ccc(Br)cc12. The number of carbonyl (C=O) groups excluding carboxylic acids is 2. The van der Waals surface area contributed by atoms with E-state index in [4.69, 9.17) is 10.6 Å². The number of aromatic nitrogens is 1. The Labute approximate surface area is 199 Å². The summed E-state index contributed by atoms with van der Waals surface area (Å²) in [6.45, 7) is 2.62. The summed E-state index contributed by atoms with van der Waals surface area (Å²) in [6.07, 6.45) is 2.76. The quantitative estimate of drug-likeness (QED) is 0.402. The molecule has 0 radical (unpaired) electrons. The summed E-state index contributed by atoms with van der Waals surface area (Å²) in [6, 6.07) is 16.7. The molecule has 4 aromatic rings. The van der Waals surface area contributed by atoms with Crippen LogP contribution < -0.4 is 16.1 Å². The molecule has 7 nitrogen and oxygen atoms in total. The number of halogens is 1. The third-order valence-electron chi connectivity index (χ3n) is 5.86. The van der Waals surface area contributed by atoms with E-state index in [9.17, 15) is 9.59 Å². The molecule has 33 heavy (non-hydrogen) atoms. The second-order valence-corrected chi connectivity index (χ2v) is 8.98. The lowest BCUT2D eigenvalue weighted by Gasteiger charge is -2.36. The van der Waals surface area contributed by atoms with E-state index >= 15 is 0 Å². The van der Waals surface area contributed by atoms with Gasteiger partial charge in [-0.15, -0.1) is 0 Å². The Morgan fingerprint density at radius 2 is 1.97 bits per heavy atom. The molecule has 8 heteroatoms. The average molecular weight is 507 g/mol. The van der Waals surface area contributed by atoms with Crippen LogP contribution in [0.2, 0.25) is 0 Å². The van der Waals surface area contributed by atoms with E-state index in [1.54, 1.807) is 0 Å². The van der Waals surface area contributed by atoms with Crippen LogP contribution in [0, 0.1) is 0 Å². The van der Waals surface area contributed by atoms with Crippen LogP contribution in [0.15, 0.2) is 65.3 Å². The largest absolute Gasteiger partial charge is 0.347 e. The Morgan fingerprint density at radius 1 is 1.15 bits per heavy atom. The maximum absolute atomic E-state index is 13.5. The summed E-state index contributed by atoms with van der Waals surface area (Å²) in [5.74, 6) is -0.765. The van der Waals surface area contributed by atoms with Crippen LogP contribution in [0.5, 0.6) is 0 Å². The number of anilines is 2. The fourth-order valence-corrected chi connectivity index (χ4v) is 4.86. The predicted molar refractivity (Wildman–Crippen MR) is 133 cm³/mol. The van der Waals surface area contributed by atoms with Crippen LogP contribution in [0.25, 0.3) is 21.7 Å². The maximum Gasteiger partial charge on any atom is 0.329 e. The molecule has 3 N–H and O–H groups in total. The van der Waals surface area contributed by atoms with Crippen molar-refractivity contribution in [3.05, 3.63) is 70.8 Å². The number of hydroxylamine groups is 1. The number of fused-ring (bicyclic) bond motifs is 4. The van der Waals surface area contributed by atoms with Crippen LogP contribution in [0.4, 0.5) is 11.4 Å². The summed E-state index contributed by atoms with van der Waals surface area (Å²) in [7, 11) is 0. The van der Waals surface area contributed by atoms with Gasteiger partial charge in [0.2, 0.25) is 0 Å². The first-order valence-corrected chi connectivity index (χ1v) is 11.6. The lowest BCUT2D eigenvalue weighted by atomic mass is 9.99. The Hall–Kier alpha value is -3.36. The van der Waals surface area contributed by atoms with Crippen molar-refractivity contribution in [2.75, 3.05) is 16.9 Å². The maximum atomic E-state index is 13.5. The van der Waals surface area contributed by atoms with Gasteiger partial charge in [0.1, 0.15) is 5.69 Å². The van der Waals surface area contributed by atoms with E-state index < -0.39 is 12.0 Å². The Kier molecular flexibility index (Phi) is 5.55. The van der Waals surface area contributed by atoms with E-state index in [2.05, 4.69) is 25.8 Å². The first kappa shape index (κ1) is 21.5. The normalized spacial score (nSPS) is 15.5. The summed E-state index contributed by atoms with van der Waals surface area (Å²) in [5.41, 5.74) is 8.75. The monoisotopic (exact) mass is 506 g/mol. The Morgan fingerprint density at radius 3 is 2.76 bits per heavy atom. The Balaban J connectivity index is 1.75. The fourth-order valence-electron chi connectivity index (χ4n) is 4.50. The predicted octanol–water partition coefficient (Wildman–Crippen LogP) is 4.88. The number of nitrogens with one attached hydrogen (secondary N) is 1. The van der Waals surface area contributed by atoms with Gasteiger partial charge < -0.3 is 20.5 Å². The number of amides is 1. The van der Waals surface area contributed by atoms with Crippen molar-refractivity contribution in [3.8, 4) is 0 Å². The highest BCUT2D eigenvalue weighted by atomic mass is 79.9. The second kappa shape index (κ2) is 8.53. The number of hydrogen-bond acceptors (Lipinski definition) is 5. The van der Waals surface area contributed by atoms with Crippen LogP contribution in [0.1, 0.15) is 24.9 Å². The molecule has 1 aliphatic heterocycles. The lowest BCUT2D eigenvalue weighted by Crippen LogP contribution is -2.42. The molecule has 1 aliphatic rings. The van der Waals surface area contributed by atoms with Gasteiger partial charge in [-0.05, 0) is 42.6 Å². The smallest absolute Gasteiger partial charge is 0.329 e. The van der Waals surface area contributed by atoms with E-state index in [1.807, 2.05) is 60.8 Å². The molecule has 5 rings (SSSR count). The third-order valence-corrected chi connectivity index (χ3v) is 6.35. The van der Waals surface area contributed by atoms with Crippen molar-refractivity contribution in [2.45, 2.75) is 25.9 Å². The van der Waals surface area contributed by atoms with Gasteiger partial charge in [-0.25, -0.2) is 0 Å². The molecular formula is C25H23BrN4O3. The van der Waals surface area contributed by atoms with Gasteiger partial charge in [-0.3, -0.25) is 9.59 Å². The lowest BCUT2D eigenvalue weighted by molar-refractivity contribution is -0.144. The molecule has 1 aromatic heterocycles. The zero-order valence-electron chi connectivity index (χ0n) is 18.0. The van der Waals surface area contributed by atoms with Crippen molar-refractivity contribution in [1.29, 1.82) is 0 Å². The number of rotatable bonds is 5. The number of nitrogens with zero attached hydrogens (tertiary/aromatic N) is 2. The van der Waals surface area contributed by atoms with E-state index in [1.165, 1.54) is 12.0 Å². The van der Waals surface area contributed by atoms with Crippen molar-refractivity contribution in [2.24, 2.45) is 5.73 Å². The van der Waals surface area contributed by atoms with Crippen LogP contribution in [-0.4, -0.2) is 23.0 Å². The molecule has 1 amide bonds.